The summed E-state index contributed by atoms with van der Waals surface area (Å²) < 4.78 is 2.69. The van der Waals surface area contributed by atoms with Gasteiger partial charge in [0.15, 0.2) is 0 Å². The van der Waals surface area contributed by atoms with Crippen LogP contribution in [0.1, 0.15) is 5.56 Å². The van der Waals surface area contributed by atoms with Crippen molar-refractivity contribution < 1.29 is 0 Å². The summed E-state index contributed by atoms with van der Waals surface area (Å²) in [6.07, 6.45) is 0. The molecule has 0 unspecified atom stereocenters. The second-order valence-electron chi connectivity index (χ2n) is 9.53. The molecule has 0 fully saturated rings. The molecule has 0 atom stereocenters. The summed E-state index contributed by atoms with van der Waals surface area (Å²) in [7, 11) is 0. The van der Waals surface area contributed by atoms with Crippen molar-refractivity contribution in [3.05, 3.63) is 133 Å². The van der Waals surface area contributed by atoms with E-state index in [4.69, 9.17) is 0 Å². The molecule has 36 heavy (non-hydrogen) atoms. The Bertz CT molecular complexity index is 1870. The van der Waals surface area contributed by atoms with E-state index >= 15 is 0 Å². The lowest BCUT2D eigenvalue weighted by Crippen LogP contribution is -1.83. The zero-order chi connectivity index (χ0) is 24.1. The van der Waals surface area contributed by atoms with Crippen LogP contribution in [0.4, 0.5) is 0 Å². The van der Waals surface area contributed by atoms with Gasteiger partial charge in [-0.2, -0.15) is 0 Å². The molecule has 0 N–H and O–H groups in total. The van der Waals surface area contributed by atoms with Gasteiger partial charge in [0, 0.05) is 20.2 Å². The highest BCUT2D eigenvalue weighted by molar-refractivity contribution is 7.25. The number of fused-ring (bicyclic) bond motifs is 4. The largest absolute Gasteiger partial charge is 0.135 e. The molecule has 0 aliphatic carbocycles. The number of benzene rings is 6. The summed E-state index contributed by atoms with van der Waals surface area (Å²) in [6.45, 7) is 2.13. The van der Waals surface area contributed by atoms with E-state index in [-0.39, 0.29) is 0 Å². The minimum Gasteiger partial charge on any atom is -0.135 e. The molecule has 1 heteroatoms. The molecule has 0 aliphatic heterocycles. The Morgan fingerprint density at radius 2 is 0.861 bits per heavy atom. The second kappa shape index (κ2) is 8.48. The van der Waals surface area contributed by atoms with Crippen LogP contribution in [-0.2, 0) is 0 Å². The third kappa shape index (κ3) is 3.69. The van der Waals surface area contributed by atoms with Crippen molar-refractivity contribution in [3.8, 4) is 33.4 Å². The summed E-state index contributed by atoms with van der Waals surface area (Å²) in [4.78, 5) is 0. The molecule has 0 saturated carbocycles. The van der Waals surface area contributed by atoms with Crippen LogP contribution in [-0.4, -0.2) is 0 Å². The van der Waals surface area contributed by atoms with Gasteiger partial charge in [-0.1, -0.05) is 103 Å². The SMILES string of the molecule is Cc1ccc(-c2ccc3cc(-c4ccc(-c5ccc6sc7ccccc7c6c5)cc4)ccc3c2)cc1. The second-order valence-corrected chi connectivity index (χ2v) is 10.6. The van der Waals surface area contributed by atoms with Gasteiger partial charge in [-0.15, -0.1) is 11.3 Å². The van der Waals surface area contributed by atoms with E-state index in [2.05, 4.69) is 134 Å². The van der Waals surface area contributed by atoms with Crippen molar-refractivity contribution in [1.82, 2.24) is 0 Å². The van der Waals surface area contributed by atoms with Crippen molar-refractivity contribution in [2.75, 3.05) is 0 Å². The fraction of sp³-hybridized carbons (Fsp3) is 0.0286. The molecule has 1 aromatic heterocycles. The molecule has 7 rings (SSSR count). The van der Waals surface area contributed by atoms with Crippen LogP contribution in [0.25, 0.3) is 64.3 Å². The molecule has 0 radical (unpaired) electrons. The van der Waals surface area contributed by atoms with Crippen LogP contribution >= 0.6 is 11.3 Å². The number of hydrogen-bond acceptors (Lipinski definition) is 1. The third-order valence-electron chi connectivity index (χ3n) is 7.15. The van der Waals surface area contributed by atoms with Crippen LogP contribution in [0.2, 0.25) is 0 Å². The summed E-state index contributed by atoms with van der Waals surface area (Å²) in [6, 6.07) is 46.8. The highest BCUT2D eigenvalue weighted by Crippen LogP contribution is 2.37. The highest BCUT2D eigenvalue weighted by atomic mass is 32.1. The summed E-state index contributed by atoms with van der Waals surface area (Å²) in [5, 5.41) is 5.22. The summed E-state index contributed by atoms with van der Waals surface area (Å²) in [5.74, 6) is 0. The van der Waals surface area contributed by atoms with E-state index in [1.807, 2.05) is 11.3 Å². The Morgan fingerprint density at radius 3 is 1.50 bits per heavy atom. The van der Waals surface area contributed by atoms with Gasteiger partial charge in [-0.25, -0.2) is 0 Å². The molecule has 170 valence electrons. The van der Waals surface area contributed by atoms with Gasteiger partial charge in [-0.05, 0) is 81.4 Å². The van der Waals surface area contributed by atoms with Gasteiger partial charge < -0.3 is 0 Å². The minimum atomic E-state index is 1.24. The number of hydrogen-bond donors (Lipinski definition) is 0. The average molecular weight is 477 g/mol. The monoisotopic (exact) mass is 476 g/mol. The van der Waals surface area contributed by atoms with E-state index < -0.39 is 0 Å². The molecular formula is C35H24S. The molecule has 7 aromatic rings. The Balaban J connectivity index is 1.20. The van der Waals surface area contributed by atoms with Crippen LogP contribution in [0, 0.1) is 6.92 Å². The Morgan fingerprint density at radius 1 is 0.389 bits per heavy atom. The van der Waals surface area contributed by atoms with E-state index in [0.29, 0.717) is 0 Å². The molecule has 1 heterocycles. The topological polar surface area (TPSA) is 0 Å². The Kier molecular flexibility index (Phi) is 4.97. The van der Waals surface area contributed by atoms with E-state index in [1.165, 1.54) is 69.9 Å². The predicted octanol–water partition coefficient (Wildman–Crippen LogP) is 10.5. The molecule has 0 saturated heterocycles. The zero-order valence-electron chi connectivity index (χ0n) is 20.0. The standard InChI is InChI=1S/C35H24S/c1-23-6-8-24(9-7-23)27-14-16-30-21-28(15-17-29(30)20-27)25-10-12-26(13-11-25)31-18-19-35-33(22-31)32-4-2-3-5-34(32)36-35/h2-22H,1H3. The first-order valence-electron chi connectivity index (χ1n) is 12.3. The van der Waals surface area contributed by atoms with E-state index in [1.54, 1.807) is 0 Å². The lowest BCUT2D eigenvalue weighted by molar-refractivity contribution is 1.47. The maximum atomic E-state index is 2.34. The molecule has 0 aliphatic rings. The minimum absolute atomic E-state index is 1.24. The van der Waals surface area contributed by atoms with Crippen molar-refractivity contribution in [3.63, 3.8) is 0 Å². The van der Waals surface area contributed by atoms with Crippen molar-refractivity contribution in [1.29, 1.82) is 0 Å². The maximum absolute atomic E-state index is 2.34. The van der Waals surface area contributed by atoms with Gasteiger partial charge in [0.25, 0.3) is 0 Å². The zero-order valence-corrected chi connectivity index (χ0v) is 20.8. The van der Waals surface area contributed by atoms with Gasteiger partial charge in [0.2, 0.25) is 0 Å². The lowest BCUT2D eigenvalue weighted by atomic mass is 9.96. The van der Waals surface area contributed by atoms with Crippen molar-refractivity contribution in [2.24, 2.45) is 0 Å². The van der Waals surface area contributed by atoms with Gasteiger partial charge in [-0.3, -0.25) is 0 Å². The van der Waals surface area contributed by atoms with Crippen LogP contribution in [0.15, 0.2) is 127 Å². The van der Waals surface area contributed by atoms with Crippen LogP contribution in [0.5, 0.6) is 0 Å². The number of rotatable bonds is 3. The Hall–Kier alpha value is -4.20. The first-order chi connectivity index (χ1) is 17.7. The van der Waals surface area contributed by atoms with E-state index in [9.17, 15) is 0 Å². The average Bonchev–Trinajstić information content (AvgIpc) is 3.31. The first kappa shape index (κ1) is 21.1. The van der Waals surface area contributed by atoms with Gasteiger partial charge in [0.1, 0.15) is 0 Å². The fourth-order valence-electron chi connectivity index (χ4n) is 5.11. The van der Waals surface area contributed by atoms with Crippen LogP contribution < -0.4 is 0 Å². The molecule has 6 aromatic carbocycles. The van der Waals surface area contributed by atoms with Crippen LogP contribution in [0.3, 0.4) is 0 Å². The Labute approximate surface area is 215 Å². The normalized spacial score (nSPS) is 11.5. The lowest BCUT2D eigenvalue weighted by Gasteiger charge is -2.09. The smallest absolute Gasteiger partial charge is 0.0355 e. The number of thiophene rings is 1. The van der Waals surface area contributed by atoms with E-state index in [0.717, 1.165) is 0 Å². The van der Waals surface area contributed by atoms with Gasteiger partial charge >= 0.3 is 0 Å². The molecule has 0 nitrogen and oxygen atoms in total. The third-order valence-corrected chi connectivity index (χ3v) is 8.31. The van der Waals surface area contributed by atoms with Gasteiger partial charge in [0.05, 0.1) is 0 Å². The predicted molar refractivity (Wildman–Crippen MR) is 158 cm³/mol. The first-order valence-corrected chi connectivity index (χ1v) is 13.2. The summed E-state index contributed by atoms with van der Waals surface area (Å²) >= 11 is 1.87. The molecule has 0 bridgehead atoms. The van der Waals surface area contributed by atoms with Crippen molar-refractivity contribution >= 4 is 42.3 Å². The van der Waals surface area contributed by atoms with Crippen molar-refractivity contribution in [2.45, 2.75) is 6.92 Å². The number of aryl methyl sites for hydroxylation is 1. The summed E-state index contributed by atoms with van der Waals surface area (Å²) in [5.41, 5.74) is 8.81. The molecule has 0 spiro atoms. The fourth-order valence-corrected chi connectivity index (χ4v) is 6.20. The molecular weight excluding hydrogens is 452 g/mol. The molecule has 0 amide bonds. The quantitative estimate of drug-likeness (QED) is 0.238. The maximum Gasteiger partial charge on any atom is 0.0355 e. The highest BCUT2D eigenvalue weighted by Gasteiger charge is 2.08.